The highest BCUT2D eigenvalue weighted by molar-refractivity contribution is 5.69. The van der Waals surface area contributed by atoms with Crippen LogP contribution in [0.25, 0.3) is 11.3 Å². The zero-order chi connectivity index (χ0) is 19.8. The van der Waals surface area contributed by atoms with E-state index in [0.29, 0.717) is 30.2 Å². The lowest BCUT2D eigenvalue weighted by molar-refractivity contribution is 0.244. The molecule has 5 heteroatoms. The van der Waals surface area contributed by atoms with Crippen molar-refractivity contribution in [1.82, 2.24) is 4.98 Å². The van der Waals surface area contributed by atoms with Crippen LogP contribution in [0.5, 0.6) is 17.2 Å². The number of aromatic nitrogens is 1. The van der Waals surface area contributed by atoms with Crippen LogP contribution in [0, 0.1) is 0 Å². The number of aromatic hydroxyl groups is 1. The van der Waals surface area contributed by atoms with Gasteiger partial charge in [0.25, 0.3) is 0 Å². The largest absolute Gasteiger partial charge is 0.507 e. The van der Waals surface area contributed by atoms with Crippen LogP contribution >= 0.6 is 0 Å². The third-order valence-electron chi connectivity index (χ3n) is 4.56. The number of benzene rings is 2. The molecule has 3 rings (SSSR count). The summed E-state index contributed by atoms with van der Waals surface area (Å²) in [5, 5.41) is 10.3. The zero-order valence-electron chi connectivity index (χ0n) is 16.5. The first kappa shape index (κ1) is 19.8. The Morgan fingerprint density at radius 2 is 1.79 bits per heavy atom. The maximum atomic E-state index is 10.3. The van der Waals surface area contributed by atoms with E-state index in [1.54, 1.807) is 6.07 Å². The Hall–Kier alpha value is -2.95. The summed E-state index contributed by atoms with van der Waals surface area (Å²) in [5.41, 5.74) is 3.52. The van der Waals surface area contributed by atoms with Gasteiger partial charge in [0.1, 0.15) is 29.2 Å². The summed E-state index contributed by atoms with van der Waals surface area (Å²) in [6.45, 7) is 5.33. The first-order valence-corrected chi connectivity index (χ1v) is 9.80. The van der Waals surface area contributed by atoms with E-state index in [9.17, 15) is 5.11 Å². The summed E-state index contributed by atoms with van der Waals surface area (Å²) < 4.78 is 16.9. The lowest BCUT2D eigenvalue weighted by atomic mass is 10.0. The molecule has 0 saturated heterocycles. The van der Waals surface area contributed by atoms with E-state index < -0.39 is 0 Å². The molecular formula is C23H27NO4. The van der Waals surface area contributed by atoms with Gasteiger partial charge in [0, 0.05) is 18.1 Å². The maximum absolute atomic E-state index is 10.3. The van der Waals surface area contributed by atoms with Gasteiger partial charge in [-0.1, -0.05) is 38.5 Å². The fourth-order valence-corrected chi connectivity index (χ4v) is 3.12. The lowest BCUT2D eigenvalue weighted by Crippen LogP contribution is -2.07. The minimum Gasteiger partial charge on any atom is -0.507 e. The smallest absolute Gasteiger partial charge is 0.181 e. The molecule has 5 nitrogen and oxygen atoms in total. The van der Waals surface area contributed by atoms with Gasteiger partial charge in [0.05, 0.1) is 13.2 Å². The molecule has 148 valence electrons. The Bertz CT molecular complexity index is 874. The number of nitrogens with zero attached hydrogens (tertiary/aromatic N) is 1. The molecule has 1 aromatic heterocycles. The Labute approximate surface area is 166 Å². The van der Waals surface area contributed by atoms with Crippen LogP contribution in [0.2, 0.25) is 0 Å². The summed E-state index contributed by atoms with van der Waals surface area (Å²) in [5.74, 6) is 1.78. The molecule has 0 atom stereocenters. The summed E-state index contributed by atoms with van der Waals surface area (Å²) >= 11 is 0. The minimum absolute atomic E-state index is 0.130. The van der Waals surface area contributed by atoms with Gasteiger partial charge in [-0.2, -0.15) is 0 Å². The summed E-state index contributed by atoms with van der Waals surface area (Å²) in [6, 6.07) is 11.7. The highest BCUT2D eigenvalue weighted by Gasteiger charge is 2.13. The van der Waals surface area contributed by atoms with Gasteiger partial charge in [-0.25, -0.2) is 4.98 Å². The molecule has 0 spiro atoms. The average molecular weight is 381 g/mol. The second-order valence-electron chi connectivity index (χ2n) is 6.61. The van der Waals surface area contributed by atoms with Crippen LogP contribution in [0.1, 0.15) is 37.8 Å². The molecule has 1 N–H and O–H groups in total. The molecule has 2 aromatic carbocycles. The normalized spacial score (nSPS) is 10.8. The highest BCUT2D eigenvalue weighted by atomic mass is 16.5. The maximum Gasteiger partial charge on any atom is 0.181 e. The number of phenolic OH excluding ortho intramolecular Hbond substituents is 1. The molecule has 0 aliphatic carbocycles. The molecular weight excluding hydrogens is 354 g/mol. The summed E-state index contributed by atoms with van der Waals surface area (Å²) in [7, 11) is 0. The SMILES string of the molecule is CCCc1ccccc1OCCCOc1cc(O)c(-c2cocn2)cc1CC. The van der Waals surface area contributed by atoms with Gasteiger partial charge in [-0.3, -0.25) is 0 Å². The van der Waals surface area contributed by atoms with Gasteiger partial charge >= 0.3 is 0 Å². The fourth-order valence-electron chi connectivity index (χ4n) is 3.12. The number of para-hydroxylation sites is 1. The van der Waals surface area contributed by atoms with Gasteiger partial charge in [-0.15, -0.1) is 0 Å². The van der Waals surface area contributed by atoms with Crippen molar-refractivity contribution in [2.45, 2.75) is 39.5 Å². The van der Waals surface area contributed by atoms with E-state index in [2.05, 4.69) is 24.9 Å². The van der Waals surface area contributed by atoms with Crippen LogP contribution in [0.3, 0.4) is 0 Å². The van der Waals surface area contributed by atoms with Crippen molar-refractivity contribution in [3.05, 3.63) is 60.2 Å². The van der Waals surface area contributed by atoms with Crippen molar-refractivity contribution in [1.29, 1.82) is 0 Å². The van der Waals surface area contributed by atoms with E-state index in [1.807, 2.05) is 24.3 Å². The van der Waals surface area contributed by atoms with Gasteiger partial charge in [0.2, 0.25) is 0 Å². The van der Waals surface area contributed by atoms with Gasteiger partial charge in [-0.05, 0) is 36.1 Å². The quantitative estimate of drug-likeness (QED) is 0.476. The predicted molar refractivity (Wildman–Crippen MR) is 109 cm³/mol. The third kappa shape index (κ3) is 4.85. The van der Waals surface area contributed by atoms with Crippen molar-refractivity contribution in [3.8, 4) is 28.5 Å². The van der Waals surface area contributed by atoms with Crippen LogP contribution in [0.15, 0.2) is 53.5 Å². The Balaban J connectivity index is 1.56. The van der Waals surface area contributed by atoms with E-state index in [1.165, 1.54) is 18.2 Å². The topological polar surface area (TPSA) is 64.7 Å². The highest BCUT2D eigenvalue weighted by Crippen LogP contribution is 2.35. The first-order chi connectivity index (χ1) is 13.7. The molecule has 0 bridgehead atoms. The van der Waals surface area contributed by atoms with Crippen molar-refractivity contribution in [2.75, 3.05) is 13.2 Å². The monoisotopic (exact) mass is 381 g/mol. The van der Waals surface area contributed by atoms with Crippen LogP contribution in [-0.4, -0.2) is 23.3 Å². The lowest BCUT2D eigenvalue weighted by Gasteiger charge is -2.14. The molecule has 0 radical (unpaired) electrons. The molecule has 0 fully saturated rings. The Morgan fingerprint density at radius 3 is 2.50 bits per heavy atom. The van der Waals surface area contributed by atoms with Gasteiger partial charge in [0.15, 0.2) is 6.39 Å². The first-order valence-electron chi connectivity index (χ1n) is 9.80. The van der Waals surface area contributed by atoms with Crippen molar-refractivity contribution >= 4 is 0 Å². The van der Waals surface area contributed by atoms with E-state index in [4.69, 9.17) is 13.9 Å². The molecule has 1 heterocycles. The standard InChI is InChI=1S/C23H27NO4/c1-3-8-18-9-5-6-10-22(18)27-11-7-12-28-23-14-21(25)19(13-17(23)4-2)20-15-26-16-24-20/h5-6,9-10,13-16,25H,3-4,7-8,11-12H2,1-2H3. The molecule has 0 amide bonds. The van der Waals surface area contributed by atoms with Crippen LogP contribution in [0.4, 0.5) is 0 Å². The van der Waals surface area contributed by atoms with Gasteiger partial charge < -0.3 is 19.0 Å². The zero-order valence-corrected chi connectivity index (χ0v) is 16.5. The Kier molecular flexibility index (Phi) is 6.95. The minimum atomic E-state index is 0.130. The number of phenols is 1. The van der Waals surface area contributed by atoms with Crippen molar-refractivity contribution < 1.29 is 19.0 Å². The molecule has 0 saturated carbocycles. The second-order valence-corrected chi connectivity index (χ2v) is 6.61. The van der Waals surface area contributed by atoms with E-state index in [-0.39, 0.29) is 5.75 Å². The Morgan fingerprint density at radius 1 is 1.00 bits per heavy atom. The van der Waals surface area contributed by atoms with Crippen molar-refractivity contribution in [3.63, 3.8) is 0 Å². The van der Waals surface area contributed by atoms with Crippen molar-refractivity contribution in [2.24, 2.45) is 0 Å². The summed E-state index contributed by atoms with van der Waals surface area (Å²) in [4.78, 5) is 4.10. The molecule has 3 aromatic rings. The average Bonchev–Trinajstić information content (AvgIpc) is 3.24. The van der Waals surface area contributed by atoms with Crippen LogP contribution < -0.4 is 9.47 Å². The number of hydrogen-bond donors (Lipinski definition) is 1. The third-order valence-corrected chi connectivity index (χ3v) is 4.56. The molecule has 0 aliphatic rings. The molecule has 28 heavy (non-hydrogen) atoms. The fraction of sp³-hybridized carbons (Fsp3) is 0.348. The van der Waals surface area contributed by atoms with E-state index >= 15 is 0 Å². The number of aryl methyl sites for hydroxylation is 2. The number of oxazole rings is 1. The molecule has 0 aliphatic heterocycles. The number of ether oxygens (including phenoxy) is 2. The van der Waals surface area contributed by atoms with Crippen LogP contribution in [-0.2, 0) is 12.8 Å². The summed E-state index contributed by atoms with van der Waals surface area (Å²) in [6.07, 6.45) is 6.53. The molecule has 0 unspecified atom stereocenters. The number of hydrogen-bond acceptors (Lipinski definition) is 5. The second kappa shape index (κ2) is 9.83. The number of rotatable bonds is 10. The van der Waals surface area contributed by atoms with E-state index in [0.717, 1.165) is 37.0 Å². The predicted octanol–water partition coefficient (Wildman–Crippen LogP) is 5.41.